The lowest BCUT2D eigenvalue weighted by Gasteiger charge is -2.38. The van der Waals surface area contributed by atoms with Crippen LogP contribution in [0.5, 0.6) is 11.5 Å². The molecule has 8 heteroatoms. The molecular weight excluding hydrogens is 414 g/mol. The van der Waals surface area contributed by atoms with Crippen molar-refractivity contribution >= 4 is 15.7 Å². The number of hydrogen-bond donors (Lipinski definition) is 3. The van der Waals surface area contributed by atoms with E-state index in [9.17, 15) is 18.6 Å². The minimum atomic E-state index is -3.54. The van der Waals surface area contributed by atoms with Crippen LogP contribution in [0.2, 0.25) is 0 Å². The maximum Gasteiger partial charge on any atom is 0.243 e. The molecule has 2 heterocycles. The van der Waals surface area contributed by atoms with Gasteiger partial charge in [0.25, 0.3) is 0 Å². The summed E-state index contributed by atoms with van der Waals surface area (Å²) in [5.74, 6) is 0.305. The van der Waals surface area contributed by atoms with Crippen molar-refractivity contribution in [3.63, 3.8) is 0 Å². The smallest absolute Gasteiger partial charge is 0.243 e. The predicted molar refractivity (Wildman–Crippen MR) is 119 cm³/mol. The van der Waals surface area contributed by atoms with E-state index in [0.29, 0.717) is 18.0 Å². The van der Waals surface area contributed by atoms with E-state index in [1.54, 1.807) is 22.5 Å². The van der Waals surface area contributed by atoms with E-state index in [1.165, 1.54) is 6.07 Å². The van der Waals surface area contributed by atoms with Gasteiger partial charge in [-0.1, -0.05) is 12.2 Å². The monoisotopic (exact) mass is 441 g/mol. The van der Waals surface area contributed by atoms with E-state index in [0.717, 1.165) is 36.3 Å². The molecule has 2 aromatic carbocycles. The van der Waals surface area contributed by atoms with Crippen LogP contribution in [0.4, 0.5) is 5.69 Å². The van der Waals surface area contributed by atoms with Gasteiger partial charge in [0.05, 0.1) is 10.9 Å². The lowest BCUT2D eigenvalue weighted by Crippen LogP contribution is -2.47. The number of hydrogen-bond acceptors (Lipinski definition) is 6. The molecule has 3 atom stereocenters. The number of allylic oxidation sites excluding steroid dienone is 2. The molecule has 0 aromatic heterocycles. The van der Waals surface area contributed by atoms with Crippen molar-refractivity contribution in [2.45, 2.75) is 23.3 Å². The molecule has 164 valence electrons. The van der Waals surface area contributed by atoms with Gasteiger partial charge in [0.15, 0.2) is 0 Å². The number of nitrogens with zero attached hydrogens (tertiary/aromatic N) is 2. The zero-order chi connectivity index (χ0) is 21.8. The Morgan fingerprint density at radius 2 is 1.77 bits per heavy atom. The van der Waals surface area contributed by atoms with Crippen LogP contribution in [0, 0.1) is 5.92 Å². The minimum absolute atomic E-state index is 0.0253. The van der Waals surface area contributed by atoms with Crippen LogP contribution in [0.3, 0.4) is 0 Å². The number of sulfonamides is 1. The van der Waals surface area contributed by atoms with Gasteiger partial charge in [-0.3, -0.25) is 0 Å². The highest BCUT2D eigenvalue weighted by Crippen LogP contribution is 2.51. The fourth-order valence-corrected chi connectivity index (χ4v) is 6.47. The molecule has 3 N–H and O–H groups in total. The molecule has 0 radical (unpaired) electrons. The summed E-state index contributed by atoms with van der Waals surface area (Å²) in [5.41, 5.74) is 2.59. The van der Waals surface area contributed by atoms with Crippen LogP contribution in [0.1, 0.15) is 29.5 Å². The van der Waals surface area contributed by atoms with Gasteiger partial charge in [0.1, 0.15) is 11.5 Å². The summed E-state index contributed by atoms with van der Waals surface area (Å²) in [4.78, 5) is 2.47. The highest BCUT2D eigenvalue weighted by molar-refractivity contribution is 7.89. The molecule has 0 bridgehead atoms. The number of likely N-dealkylation sites (N-methyl/N-ethyl adjacent to an activating group) is 1. The fourth-order valence-electron chi connectivity index (χ4n) is 5.01. The zero-order valence-electron chi connectivity index (χ0n) is 17.4. The average molecular weight is 442 g/mol. The Balaban J connectivity index is 1.50. The van der Waals surface area contributed by atoms with E-state index < -0.39 is 10.0 Å². The number of phenolic OH excluding ortho intramolecular Hbond substituents is 2. The average Bonchev–Trinajstić information content (AvgIpc) is 3.24. The van der Waals surface area contributed by atoms with Gasteiger partial charge in [0, 0.05) is 49.4 Å². The molecule has 5 rings (SSSR count). The first-order chi connectivity index (χ1) is 14.8. The quantitative estimate of drug-likeness (QED) is 0.635. The van der Waals surface area contributed by atoms with Gasteiger partial charge in [-0.2, -0.15) is 4.31 Å². The Morgan fingerprint density at radius 1 is 1.00 bits per heavy atom. The van der Waals surface area contributed by atoms with Crippen LogP contribution in [-0.4, -0.2) is 61.1 Å². The second-order valence-corrected chi connectivity index (χ2v) is 10.6. The zero-order valence-corrected chi connectivity index (χ0v) is 18.2. The molecule has 1 fully saturated rings. The molecule has 1 saturated heterocycles. The van der Waals surface area contributed by atoms with Gasteiger partial charge in [0.2, 0.25) is 10.0 Å². The Labute approximate surface area is 182 Å². The summed E-state index contributed by atoms with van der Waals surface area (Å²) in [7, 11) is -1.53. The SMILES string of the molecule is CN1CCN(S(=O)(=O)c2ccc3c(c2)C2C=CCC2C(c2ccc(O)cc2O)N3)CC1. The van der Waals surface area contributed by atoms with Crippen molar-refractivity contribution in [2.75, 3.05) is 38.5 Å². The number of nitrogens with one attached hydrogen (secondary N) is 1. The molecule has 2 aliphatic heterocycles. The molecule has 0 saturated carbocycles. The largest absolute Gasteiger partial charge is 0.508 e. The minimum Gasteiger partial charge on any atom is -0.508 e. The van der Waals surface area contributed by atoms with Gasteiger partial charge in [-0.25, -0.2) is 8.42 Å². The number of benzene rings is 2. The first kappa shape index (κ1) is 20.4. The first-order valence-electron chi connectivity index (χ1n) is 10.6. The number of fused-ring (bicyclic) bond motifs is 3. The summed E-state index contributed by atoms with van der Waals surface area (Å²) in [6.07, 6.45) is 5.09. The van der Waals surface area contributed by atoms with E-state index in [4.69, 9.17) is 0 Å². The lowest BCUT2D eigenvalue weighted by molar-refractivity contribution is 0.222. The highest BCUT2D eigenvalue weighted by atomic mass is 32.2. The lowest BCUT2D eigenvalue weighted by atomic mass is 9.77. The number of piperazine rings is 1. The van der Waals surface area contributed by atoms with Crippen molar-refractivity contribution in [1.29, 1.82) is 0 Å². The van der Waals surface area contributed by atoms with E-state index >= 15 is 0 Å². The van der Waals surface area contributed by atoms with Crippen LogP contribution in [0.25, 0.3) is 0 Å². The van der Waals surface area contributed by atoms with Crippen molar-refractivity contribution in [3.8, 4) is 11.5 Å². The van der Waals surface area contributed by atoms with Crippen LogP contribution in [-0.2, 0) is 10.0 Å². The summed E-state index contributed by atoms with van der Waals surface area (Å²) in [6, 6.07) is 9.88. The number of anilines is 1. The maximum absolute atomic E-state index is 13.2. The van der Waals surface area contributed by atoms with Crippen molar-refractivity contribution in [1.82, 2.24) is 9.21 Å². The number of aromatic hydroxyl groups is 2. The molecule has 31 heavy (non-hydrogen) atoms. The summed E-state index contributed by atoms with van der Waals surface area (Å²) >= 11 is 0. The van der Waals surface area contributed by atoms with Crippen molar-refractivity contribution < 1.29 is 18.6 Å². The topological polar surface area (TPSA) is 93.1 Å². The normalized spacial score (nSPS) is 26.3. The van der Waals surface area contributed by atoms with E-state index in [2.05, 4.69) is 22.4 Å². The molecule has 7 nitrogen and oxygen atoms in total. The van der Waals surface area contributed by atoms with Crippen LogP contribution in [0.15, 0.2) is 53.4 Å². The molecule has 0 spiro atoms. The third-order valence-electron chi connectivity index (χ3n) is 6.78. The predicted octanol–water partition coefficient (Wildman–Crippen LogP) is 2.86. The van der Waals surface area contributed by atoms with E-state index in [-0.39, 0.29) is 29.4 Å². The third-order valence-corrected chi connectivity index (χ3v) is 8.68. The third kappa shape index (κ3) is 3.48. The number of phenols is 2. The van der Waals surface area contributed by atoms with E-state index in [1.807, 2.05) is 19.2 Å². The summed E-state index contributed by atoms with van der Waals surface area (Å²) in [6.45, 7) is 2.47. The van der Waals surface area contributed by atoms with Crippen molar-refractivity contribution in [2.24, 2.45) is 5.92 Å². The maximum atomic E-state index is 13.2. The second kappa shape index (κ2) is 7.55. The van der Waals surface area contributed by atoms with Gasteiger partial charge < -0.3 is 20.4 Å². The van der Waals surface area contributed by atoms with Gasteiger partial charge in [-0.15, -0.1) is 0 Å². The Kier molecular flexibility index (Phi) is 4.96. The van der Waals surface area contributed by atoms with Crippen molar-refractivity contribution in [3.05, 3.63) is 59.7 Å². The van der Waals surface area contributed by atoms with Gasteiger partial charge >= 0.3 is 0 Å². The first-order valence-corrected chi connectivity index (χ1v) is 12.1. The molecule has 2 aromatic rings. The highest BCUT2D eigenvalue weighted by Gasteiger charge is 2.40. The second-order valence-electron chi connectivity index (χ2n) is 8.68. The molecule has 3 unspecified atom stereocenters. The number of rotatable bonds is 3. The molecular formula is C23H27N3O4S. The molecule has 0 amide bonds. The molecule has 3 aliphatic rings. The Morgan fingerprint density at radius 3 is 2.52 bits per heavy atom. The molecule has 1 aliphatic carbocycles. The van der Waals surface area contributed by atoms with Crippen LogP contribution < -0.4 is 5.32 Å². The summed E-state index contributed by atoms with van der Waals surface area (Å²) < 4.78 is 28.1. The Bertz CT molecular complexity index is 1140. The van der Waals surface area contributed by atoms with Gasteiger partial charge in [-0.05, 0) is 55.3 Å². The summed E-state index contributed by atoms with van der Waals surface area (Å²) in [5, 5.41) is 23.6. The fraction of sp³-hybridized carbons (Fsp3) is 0.391. The van der Waals surface area contributed by atoms with Crippen LogP contribution >= 0.6 is 0 Å². The standard InChI is InChI=1S/C23H27N3O4S/c1-25-9-11-26(12-10-25)31(29,30)16-6-8-21-20(14-16)17-3-2-4-18(17)23(24-21)19-7-5-15(27)13-22(19)28/h2-3,5-8,13-14,17-18,23-24,27-28H,4,9-12H2,1H3. The Hall–Kier alpha value is -2.55.